The quantitative estimate of drug-likeness (QED) is 0.312. The number of benzene rings is 2. The van der Waals surface area contributed by atoms with Crippen LogP contribution in [0.1, 0.15) is 62.4 Å². The molecule has 0 spiro atoms. The summed E-state index contributed by atoms with van der Waals surface area (Å²) in [6, 6.07) is 11.7. The number of aromatic nitrogens is 1. The van der Waals surface area contributed by atoms with Gasteiger partial charge in [0, 0.05) is 0 Å². The lowest BCUT2D eigenvalue weighted by Crippen LogP contribution is -2.21. The molecule has 13 nitrogen and oxygen atoms in total. The third-order valence-electron chi connectivity index (χ3n) is 5.40. The molecule has 3 rings (SSSR count). The number of hydrogen-bond acceptors (Lipinski definition) is 11. The summed E-state index contributed by atoms with van der Waals surface area (Å²) < 4.78 is 18.8. The highest BCUT2D eigenvalue weighted by molar-refractivity contribution is 6.10. The van der Waals surface area contributed by atoms with Crippen LogP contribution in [0.25, 0.3) is 0 Å². The van der Waals surface area contributed by atoms with Gasteiger partial charge in [-0.2, -0.15) is 0 Å². The van der Waals surface area contributed by atoms with Crippen LogP contribution in [-0.2, 0) is 18.9 Å². The zero-order valence-electron chi connectivity index (χ0n) is 21.7. The van der Waals surface area contributed by atoms with Gasteiger partial charge in [0.1, 0.15) is 11.4 Å². The monoisotopic (exact) mass is 549 g/mol. The van der Waals surface area contributed by atoms with E-state index in [0.717, 1.165) is 14.2 Å². The molecular weight excluding hydrogens is 526 g/mol. The molecule has 0 atom stereocenters. The molecule has 40 heavy (non-hydrogen) atoms. The fraction of sp³-hybridized carbons (Fsp3) is 0.148. The number of carbonyl (C=O) groups is 6. The average molecular weight is 549 g/mol. The summed E-state index contributed by atoms with van der Waals surface area (Å²) in [7, 11) is 4.65. The topological polar surface area (TPSA) is 176 Å². The summed E-state index contributed by atoms with van der Waals surface area (Å²) in [6.07, 6.45) is 0. The Labute approximate surface area is 227 Å². The van der Waals surface area contributed by atoms with Gasteiger partial charge in [-0.3, -0.25) is 9.59 Å². The van der Waals surface area contributed by atoms with Crippen LogP contribution in [0.4, 0.5) is 11.4 Å². The van der Waals surface area contributed by atoms with Gasteiger partial charge in [0.2, 0.25) is 0 Å². The van der Waals surface area contributed by atoms with Crippen molar-refractivity contribution in [1.82, 2.24) is 4.98 Å². The molecule has 2 amide bonds. The average Bonchev–Trinajstić information content (AvgIpc) is 2.99. The number of rotatable bonds is 8. The number of hydrogen-bond donors (Lipinski definition) is 2. The zero-order chi connectivity index (χ0) is 29.4. The van der Waals surface area contributed by atoms with Crippen molar-refractivity contribution >= 4 is 47.1 Å². The van der Waals surface area contributed by atoms with Gasteiger partial charge in [0.25, 0.3) is 11.8 Å². The van der Waals surface area contributed by atoms with Gasteiger partial charge >= 0.3 is 23.9 Å². The Hall–Kier alpha value is -5.59. The first-order valence-corrected chi connectivity index (χ1v) is 11.3. The van der Waals surface area contributed by atoms with Crippen molar-refractivity contribution in [2.45, 2.75) is 0 Å². The maximum atomic E-state index is 13.0. The highest BCUT2D eigenvalue weighted by atomic mass is 16.5. The third kappa shape index (κ3) is 6.45. The minimum absolute atomic E-state index is 0.0433. The van der Waals surface area contributed by atoms with E-state index in [2.05, 4.69) is 25.1 Å². The second-order valence-corrected chi connectivity index (χ2v) is 7.80. The fourth-order valence-electron chi connectivity index (χ4n) is 3.42. The van der Waals surface area contributed by atoms with E-state index < -0.39 is 35.7 Å². The van der Waals surface area contributed by atoms with Crippen molar-refractivity contribution in [2.75, 3.05) is 39.1 Å². The Morgan fingerprint density at radius 1 is 0.550 bits per heavy atom. The number of carbonyl (C=O) groups excluding carboxylic acids is 6. The molecule has 0 radical (unpaired) electrons. The van der Waals surface area contributed by atoms with Gasteiger partial charge in [-0.1, -0.05) is 6.07 Å². The van der Waals surface area contributed by atoms with Crippen molar-refractivity contribution in [3.05, 3.63) is 88.2 Å². The standard InChI is InChI=1S/C27H23N3O10/c1-37-24(33)14-8-10-16(26(35)39-3)20(12-14)29-22(31)18-6-5-7-19(28-18)23(32)30-21-13-15(25(34)38-2)9-11-17(21)27(36)40-4/h5-13H,1-4H3,(H,29,31)(H,30,32). The first-order valence-electron chi connectivity index (χ1n) is 11.3. The summed E-state index contributed by atoms with van der Waals surface area (Å²) in [5, 5.41) is 4.96. The van der Waals surface area contributed by atoms with Crippen molar-refractivity contribution in [2.24, 2.45) is 0 Å². The number of anilines is 2. The van der Waals surface area contributed by atoms with Gasteiger partial charge in [0.05, 0.1) is 62.1 Å². The predicted octanol–water partition coefficient (Wildman–Crippen LogP) is 2.73. The van der Waals surface area contributed by atoms with E-state index in [1.807, 2.05) is 0 Å². The molecule has 0 fully saturated rings. The molecule has 0 bridgehead atoms. The van der Waals surface area contributed by atoms with Gasteiger partial charge < -0.3 is 29.6 Å². The largest absolute Gasteiger partial charge is 0.465 e. The smallest absolute Gasteiger partial charge is 0.339 e. The maximum Gasteiger partial charge on any atom is 0.339 e. The van der Waals surface area contributed by atoms with Crippen molar-refractivity contribution in [1.29, 1.82) is 0 Å². The predicted molar refractivity (Wildman–Crippen MR) is 138 cm³/mol. The highest BCUT2D eigenvalue weighted by Gasteiger charge is 2.21. The second-order valence-electron chi connectivity index (χ2n) is 7.80. The number of nitrogens with zero attached hydrogens (tertiary/aromatic N) is 1. The summed E-state index contributed by atoms with van der Waals surface area (Å²) in [5.74, 6) is -4.58. The van der Waals surface area contributed by atoms with Crippen molar-refractivity contribution in [3.8, 4) is 0 Å². The molecule has 0 saturated carbocycles. The number of esters is 4. The van der Waals surface area contributed by atoms with Crippen LogP contribution in [0, 0.1) is 0 Å². The van der Waals surface area contributed by atoms with Crippen LogP contribution in [0.15, 0.2) is 54.6 Å². The van der Waals surface area contributed by atoms with Gasteiger partial charge in [0.15, 0.2) is 0 Å². The second kappa shape index (κ2) is 12.8. The lowest BCUT2D eigenvalue weighted by atomic mass is 10.1. The van der Waals surface area contributed by atoms with E-state index in [9.17, 15) is 28.8 Å². The number of nitrogens with one attached hydrogen (secondary N) is 2. The molecule has 1 aromatic heterocycles. The molecule has 0 unspecified atom stereocenters. The van der Waals surface area contributed by atoms with Crippen LogP contribution < -0.4 is 10.6 Å². The van der Waals surface area contributed by atoms with E-state index in [-0.39, 0.29) is 45.0 Å². The normalized spacial score (nSPS) is 10.1. The molecule has 0 aliphatic carbocycles. The molecule has 0 aliphatic heterocycles. The van der Waals surface area contributed by atoms with Gasteiger partial charge in [-0.15, -0.1) is 0 Å². The lowest BCUT2D eigenvalue weighted by Gasteiger charge is -2.13. The van der Waals surface area contributed by atoms with E-state index >= 15 is 0 Å². The molecule has 2 aromatic carbocycles. The summed E-state index contributed by atoms with van der Waals surface area (Å²) >= 11 is 0. The van der Waals surface area contributed by atoms with Crippen LogP contribution in [0.2, 0.25) is 0 Å². The summed E-state index contributed by atoms with van der Waals surface area (Å²) in [4.78, 5) is 78.3. The highest BCUT2D eigenvalue weighted by Crippen LogP contribution is 2.22. The first-order chi connectivity index (χ1) is 19.1. The number of methoxy groups -OCH3 is 4. The van der Waals surface area contributed by atoms with Gasteiger partial charge in [-0.25, -0.2) is 24.2 Å². The molecule has 206 valence electrons. The van der Waals surface area contributed by atoms with Gasteiger partial charge in [-0.05, 0) is 48.5 Å². The Bertz CT molecular complexity index is 1410. The molecular formula is C27H23N3O10. The number of ether oxygens (including phenoxy) is 4. The molecule has 2 N–H and O–H groups in total. The maximum absolute atomic E-state index is 13.0. The van der Waals surface area contributed by atoms with E-state index in [0.29, 0.717) is 0 Å². The summed E-state index contributed by atoms with van der Waals surface area (Å²) in [6.45, 7) is 0. The molecule has 0 aliphatic rings. The van der Waals surface area contributed by atoms with Crippen LogP contribution >= 0.6 is 0 Å². The Morgan fingerprint density at radius 2 is 0.925 bits per heavy atom. The molecule has 1 heterocycles. The van der Waals surface area contributed by atoms with Crippen molar-refractivity contribution in [3.63, 3.8) is 0 Å². The summed E-state index contributed by atoms with van der Waals surface area (Å²) in [5.41, 5.74) is -0.523. The fourth-order valence-corrected chi connectivity index (χ4v) is 3.42. The Balaban J connectivity index is 1.91. The molecule has 0 saturated heterocycles. The lowest BCUT2D eigenvalue weighted by molar-refractivity contribution is 0.0587. The zero-order valence-corrected chi connectivity index (χ0v) is 21.7. The SMILES string of the molecule is COC(=O)c1ccc(C(=O)OC)c(NC(=O)c2cccc(C(=O)Nc3cc(C(=O)OC)ccc3C(=O)OC)n2)c1. The van der Waals surface area contributed by atoms with Crippen LogP contribution in [0.3, 0.4) is 0 Å². The number of amides is 2. The van der Waals surface area contributed by atoms with E-state index in [4.69, 9.17) is 9.47 Å². The minimum Gasteiger partial charge on any atom is -0.465 e. The first kappa shape index (κ1) is 29.0. The Kier molecular flexibility index (Phi) is 9.25. The van der Waals surface area contributed by atoms with Crippen molar-refractivity contribution < 1.29 is 47.7 Å². The van der Waals surface area contributed by atoms with E-state index in [1.165, 1.54) is 68.8 Å². The number of pyridine rings is 1. The molecule has 13 heteroatoms. The van der Waals surface area contributed by atoms with Crippen LogP contribution in [0.5, 0.6) is 0 Å². The van der Waals surface area contributed by atoms with Crippen LogP contribution in [-0.4, -0.2) is 69.1 Å². The van der Waals surface area contributed by atoms with E-state index in [1.54, 1.807) is 0 Å². The minimum atomic E-state index is -0.815. The molecule has 3 aromatic rings. The third-order valence-corrected chi connectivity index (χ3v) is 5.40. The Morgan fingerprint density at radius 3 is 1.27 bits per heavy atom.